The first-order valence-electron chi connectivity index (χ1n) is 5.76. The van der Waals surface area contributed by atoms with Crippen LogP contribution in [0.15, 0.2) is 48.5 Å². The van der Waals surface area contributed by atoms with Gasteiger partial charge in [-0.3, -0.25) is 10.9 Å². The minimum absolute atomic E-state index is 0.436. The lowest BCUT2D eigenvalue weighted by atomic mass is 10.2. The van der Waals surface area contributed by atoms with Gasteiger partial charge in [-0.1, -0.05) is 23.7 Å². The minimum atomic E-state index is -0.436. The van der Waals surface area contributed by atoms with Gasteiger partial charge in [0.25, 0.3) is 0 Å². The number of urea groups is 1. The molecular formula is C14H11ClN4O. The number of nitriles is 1. The normalized spacial score (nSPS) is 9.40. The number of carbonyl (C=O) groups is 1. The second kappa shape index (κ2) is 6.45. The Labute approximate surface area is 121 Å². The maximum atomic E-state index is 11.7. The number of nitrogens with one attached hydrogen (secondary N) is 3. The minimum Gasteiger partial charge on any atom is -0.307 e. The van der Waals surface area contributed by atoms with Crippen molar-refractivity contribution in [3.8, 4) is 6.07 Å². The molecule has 0 saturated heterocycles. The molecule has 0 unspecified atom stereocenters. The number of hydrogen-bond donors (Lipinski definition) is 3. The van der Waals surface area contributed by atoms with Crippen molar-refractivity contribution in [2.75, 3.05) is 10.7 Å². The van der Waals surface area contributed by atoms with Gasteiger partial charge in [0.2, 0.25) is 0 Å². The average Bonchev–Trinajstić information content (AvgIpc) is 2.45. The summed E-state index contributed by atoms with van der Waals surface area (Å²) in [7, 11) is 0. The van der Waals surface area contributed by atoms with E-state index in [9.17, 15) is 4.79 Å². The van der Waals surface area contributed by atoms with E-state index in [2.05, 4.69) is 16.2 Å². The summed E-state index contributed by atoms with van der Waals surface area (Å²) >= 11 is 5.82. The molecule has 3 N–H and O–H groups in total. The second-order valence-electron chi connectivity index (χ2n) is 3.91. The van der Waals surface area contributed by atoms with Crippen LogP contribution < -0.4 is 16.2 Å². The Morgan fingerprint density at radius 1 is 1.10 bits per heavy atom. The molecule has 0 aliphatic heterocycles. The lowest BCUT2D eigenvalue weighted by Crippen LogP contribution is -2.33. The highest BCUT2D eigenvalue weighted by atomic mass is 35.5. The van der Waals surface area contributed by atoms with Crippen LogP contribution in [-0.4, -0.2) is 6.03 Å². The zero-order valence-corrected chi connectivity index (χ0v) is 11.1. The number of benzene rings is 2. The van der Waals surface area contributed by atoms with Gasteiger partial charge < -0.3 is 5.32 Å². The average molecular weight is 287 g/mol. The monoisotopic (exact) mass is 286 g/mol. The fourth-order valence-electron chi connectivity index (χ4n) is 1.52. The summed E-state index contributed by atoms with van der Waals surface area (Å²) in [6.45, 7) is 0. The van der Waals surface area contributed by atoms with Crippen LogP contribution in [0.5, 0.6) is 0 Å². The molecule has 0 aromatic heterocycles. The van der Waals surface area contributed by atoms with Gasteiger partial charge >= 0.3 is 6.03 Å². The molecule has 0 radical (unpaired) electrons. The molecule has 2 aromatic rings. The van der Waals surface area contributed by atoms with E-state index in [1.165, 1.54) is 0 Å². The SMILES string of the molecule is N#Cc1cccc(NNC(=O)Nc2cccc(Cl)c2)c1. The van der Waals surface area contributed by atoms with Gasteiger partial charge in [0.05, 0.1) is 17.3 Å². The summed E-state index contributed by atoms with van der Waals surface area (Å²) in [4.78, 5) is 11.7. The number of carbonyl (C=O) groups excluding carboxylic acids is 1. The van der Waals surface area contributed by atoms with Crippen molar-refractivity contribution in [3.05, 3.63) is 59.1 Å². The topological polar surface area (TPSA) is 77.0 Å². The third-order valence-electron chi connectivity index (χ3n) is 2.39. The van der Waals surface area contributed by atoms with Gasteiger partial charge in [-0.05, 0) is 36.4 Å². The van der Waals surface area contributed by atoms with Gasteiger partial charge in [0.1, 0.15) is 0 Å². The Balaban J connectivity index is 1.90. The van der Waals surface area contributed by atoms with Crippen molar-refractivity contribution < 1.29 is 4.79 Å². The first-order chi connectivity index (χ1) is 9.67. The molecule has 0 heterocycles. The van der Waals surface area contributed by atoms with Crippen molar-refractivity contribution in [3.63, 3.8) is 0 Å². The highest BCUT2D eigenvalue weighted by molar-refractivity contribution is 6.30. The largest absolute Gasteiger partial charge is 0.337 e. The quantitative estimate of drug-likeness (QED) is 0.757. The maximum Gasteiger partial charge on any atom is 0.337 e. The standard InChI is InChI=1S/C14H11ClN4O/c15-11-4-2-5-12(8-11)17-14(20)19-18-13-6-1-3-10(7-13)9-16/h1-8,18H,(H2,17,19,20). The molecule has 0 saturated carbocycles. The Hall–Kier alpha value is -2.71. The zero-order valence-electron chi connectivity index (χ0n) is 10.4. The second-order valence-corrected chi connectivity index (χ2v) is 4.34. The van der Waals surface area contributed by atoms with Crippen LogP contribution in [0.1, 0.15) is 5.56 Å². The van der Waals surface area contributed by atoms with Crippen LogP contribution in [0.2, 0.25) is 5.02 Å². The molecule has 0 fully saturated rings. The number of hydrogen-bond acceptors (Lipinski definition) is 3. The first kappa shape index (κ1) is 13.7. The molecule has 0 atom stereocenters. The van der Waals surface area contributed by atoms with E-state index < -0.39 is 6.03 Å². The van der Waals surface area contributed by atoms with E-state index in [0.29, 0.717) is 22.0 Å². The molecule has 5 nitrogen and oxygen atoms in total. The van der Waals surface area contributed by atoms with Gasteiger partial charge in [-0.2, -0.15) is 5.26 Å². The van der Waals surface area contributed by atoms with E-state index >= 15 is 0 Å². The Bertz CT molecular complexity index is 666. The Morgan fingerprint density at radius 3 is 2.60 bits per heavy atom. The van der Waals surface area contributed by atoms with E-state index in [0.717, 1.165) is 0 Å². The molecule has 0 bridgehead atoms. The van der Waals surface area contributed by atoms with E-state index in [1.54, 1.807) is 48.5 Å². The summed E-state index contributed by atoms with van der Waals surface area (Å²) < 4.78 is 0. The molecule has 2 aromatic carbocycles. The van der Waals surface area contributed by atoms with Crippen molar-refractivity contribution in [1.29, 1.82) is 5.26 Å². The lowest BCUT2D eigenvalue weighted by Gasteiger charge is -2.10. The molecule has 6 heteroatoms. The smallest absolute Gasteiger partial charge is 0.307 e. The number of rotatable bonds is 3. The predicted octanol–water partition coefficient (Wildman–Crippen LogP) is 3.36. The number of hydrazine groups is 1. The van der Waals surface area contributed by atoms with Crippen LogP contribution in [0.3, 0.4) is 0 Å². The predicted molar refractivity (Wildman–Crippen MR) is 78.4 cm³/mol. The lowest BCUT2D eigenvalue weighted by molar-refractivity contribution is 0.254. The van der Waals surface area contributed by atoms with Gasteiger partial charge in [-0.15, -0.1) is 0 Å². The molecule has 0 spiro atoms. The third kappa shape index (κ3) is 3.90. The molecule has 2 rings (SSSR count). The molecule has 20 heavy (non-hydrogen) atoms. The molecule has 0 aliphatic rings. The van der Waals surface area contributed by atoms with E-state index in [4.69, 9.17) is 16.9 Å². The molecule has 100 valence electrons. The number of anilines is 2. The van der Waals surface area contributed by atoms with Gasteiger partial charge in [0.15, 0.2) is 0 Å². The Morgan fingerprint density at radius 2 is 1.85 bits per heavy atom. The maximum absolute atomic E-state index is 11.7. The van der Waals surface area contributed by atoms with Crippen molar-refractivity contribution in [2.45, 2.75) is 0 Å². The summed E-state index contributed by atoms with van der Waals surface area (Å²) in [5.41, 5.74) is 6.88. The van der Waals surface area contributed by atoms with E-state index in [-0.39, 0.29) is 0 Å². The van der Waals surface area contributed by atoms with E-state index in [1.807, 2.05) is 6.07 Å². The highest BCUT2D eigenvalue weighted by Gasteiger charge is 2.02. The van der Waals surface area contributed by atoms with Crippen LogP contribution in [-0.2, 0) is 0 Å². The third-order valence-corrected chi connectivity index (χ3v) is 2.63. The van der Waals surface area contributed by atoms with Crippen molar-refractivity contribution in [2.24, 2.45) is 0 Å². The summed E-state index contributed by atoms with van der Waals surface area (Å²) in [6.07, 6.45) is 0. The summed E-state index contributed by atoms with van der Waals surface area (Å²) in [5, 5.41) is 11.9. The van der Waals surface area contributed by atoms with Gasteiger partial charge in [0, 0.05) is 10.7 Å². The summed E-state index contributed by atoms with van der Waals surface area (Å²) in [5.74, 6) is 0. The fourth-order valence-corrected chi connectivity index (χ4v) is 1.71. The fraction of sp³-hybridized carbons (Fsp3) is 0. The first-order valence-corrected chi connectivity index (χ1v) is 6.14. The van der Waals surface area contributed by atoms with Crippen LogP contribution in [0.4, 0.5) is 16.2 Å². The molecule has 0 aliphatic carbocycles. The van der Waals surface area contributed by atoms with Crippen LogP contribution in [0, 0.1) is 11.3 Å². The number of halogens is 1. The van der Waals surface area contributed by atoms with Crippen molar-refractivity contribution in [1.82, 2.24) is 5.43 Å². The number of amides is 2. The highest BCUT2D eigenvalue weighted by Crippen LogP contribution is 2.14. The number of nitrogens with zero attached hydrogens (tertiary/aromatic N) is 1. The molecular weight excluding hydrogens is 276 g/mol. The summed E-state index contributed by atoms with van der Waals surface area (Å²) in [6, 6.07) is 15.2. The van der Waals surface area contributed by atoms with Crippen LogP contribution in [0.25, 0.3) is 0 Å². The van der Waals surface area contributed by atoms with Crippen LogP contribution >= 0.6 is 11.6 Å². The van der Waals surface area contributed by atoms with Crippen molar-refractivity contribution >= 4 is 29.0 Å². The van der Waals surface area contributed by atoms with Gasteiger partial charge in [-0.25, -0.2) is 4.79 Å². The molecule has 2 amide bonds. The Kier molecular flexibility index (Phi) is 4.43. The zero-order chi connectivity index (χ0) is 14.4.